The van der Waals surface area contributed by atoms with E-state index < -0.39 is 0 Å². The van der Waals surface area contributed by atoms with E-state index in [0.29, 0.717) is 26.1 Å². The topological polar surface area (TPSA) is 40.6 Å². The summed E-state index contributed by atoms with van der Waals surface area (Å²) in [7, 11) is 0. The maximum atomic E-state index is 12.6. The Morgan fingerprint density at radius 1 is 1.04 bits per heavy atom. The number of rotatable bonds is 3. The number of benzene rings is 1. The molecule has 2 amide bonds. The van der Waals surface area contributed by atoms with Gasteiger partial charge in [-0.25, -0.2) is 0 Å². The van der Waals surface area contributed by atoms with E-state index in [-0.39, 0.29) is 11.8 Å². The molecule has 1 aromatic heterocycles. The van der Waals surface area contributed by atoms with Crippen molar-refractivity contribution in [3.8, 4) is 0 Å². The Hall–Kier alpha value is -2.14. The Balaban J connectivity index is 1.59. The van der Waals surface area contributed by atoms with E-state index in [9.17, 15) is 9.59 Å². The quantitative estimate of drug-likeness (QED) is 0.860. The summed E-state index contributed by atoms with van der Waals surface area (Å²) < 4.78 is 0. The second-order valence-electron chi connectivity index (χ2n) is 6.17. The third-order valence-corrected chi connectivity index (χ3v) is 5.16. The standard InChI is InChI=1S/C19H22N2O2S/c1-15-5-2-6-16(13-15)14-18(22)20-8-4-9-21(11-10-20)19(23)17-7-3-12-24-17/h2-3,5-7,12-13H,4,8-11,14H2,1H3. The van der Waals surface area contributed by atoms with Crippen LogP contribution < -0.4 is 0 Å². The summed E-state index contributed by atoms with van der Waals surface area (Å²) in [6.45, 7) is 4.69. The lowest BCUT2D eigenvalue weighted by atomic mass is 10.1. The van der Waals surface area contributed by atoms with E-state index in [4.69, 9.17) is 0 Å². The van der Waals surface area contributed by atoms with Crippen molar-refractivity contribution in [1.29, 1.82) is 0 Å². The molecule has 0 atom stereocenters. The average molecular weight is 342 g/mol. The third-order valence-electron chi connectivity index (χ3n) is 4.31. The van der Waals surface area contributed by atoms with Gasteiger partial charge in [0.15, 0.2) is 0 Å². The van der Waals surface area contributed by atoms with Crippen LogP contribution in [-0.2, 0) is 11.2 Å². The van der Waals surface area contributed by atoms with Crippen LogP contribution in [0.3, 0.4) is 0 Å². The second kappa shape index (κ2) is 7.62. The normalized spacial score (nSPS) is 15.2. The number of carbonyl (C=O) groups is 2. The van der Waals surface area contributed by atoms with Crippen LogP contribution in [0.25, 0.3) is 0 Å². The summed E-state index contributed by atoms with van der Waals surface area (Å²) >= 11 is 1.47. The van der Waals surface area contributed by atoms with Crippen LogP contribution in [0.2, 0.25) is 0 Å². The van der Waals surface area contributed by atoms with Crippen molar-refractivity contribution in [2.45, 2.75) is 19.8 Å². The van der Waals surface area contributed by atoms with Gasteiger partial charge < -0.3 is 9.80 Å². The smallest absolute Gasteiger partial charge is 0.263 e. The summed E-state index contributed by atoms with van der Waals surface area (Å²) in [5.74, 6) is 0.226. The van der Waals surface area contributed by atoms with Gasteiger partial charge in [0.1, 0.15) is 0 Å². The van der Waals surface area contributed by atoms with Crippen molar-refractivity contribution in [3.05, 3.63) is 57.8 Å². The molecule has 1 aliphatic rings. The predicted octanol–water partition coefficient (Wildman–Crippen LogP) is 2.97. The van der Waals surface area contributed by atoms with E-state index >= 15 is 0 Å². The highest BCUT2D eigenvalue weighted by Crippen LogP contribution is 2.15. The molecular formula is C19H22N2O2S. The van der Waals surface area contributed by atoms with Crippen LogP contribution in [0, 0.1) is 6.92 Å². The monoisotopic (exact) mass is 342 g/mol. The second-order valence-corrected chi connectivity index (χ2v) is 7.12. The maximum Gasteiger partial charge on any atom is 0.263 e. The molecule has 3 rings (SSSR count). The van der Waals surface area contributed by atoms with E-state index in [0.717, 1.165) is 23.4 Å². The van der Waals surface area contributed by atoms with Crippen molar-refractivity contribution in [2.24, 2.45) is 0 Å². The molecule has 2 aromatic rings. The molecule has 1 aromatic carbocycles. The zero-order chi connectivity index (χ0) is 16.9. The summed E-state index contributed by atoms with van der Waals surface area (Å²) in [5, 5.41) is 1.92. The third kappa shape index (κ3) is 4.03. The minimum absolute atomic E-state index is 0.0815. The van der Waals surface area contributed by atoms with Gasteiger partial charge in [-0.05, 0) is 30.4 Å². The number of hydrogen-bond acceptors (Lipinski definition) is 3. The van der Waals surface area contributed by atoms with Crippen molar-refractivity contribution < 1.29 is 9.59 Å². The van der Waals surface area contributed by atoms with Crippen LogP contribution in [0.4, 0.5) is 0 Å². The van der Waals surface area contributed by atoms with Gasteiger partial charge in [0, 0.05) is 26.2 Å². The fourth-order valence-corrected chi connectivity index (χ4v) is 3.73. The summed E-state index contributed by atoms with van der Waals surface area (Å²) in [4.78, 5) is 29.5. The Bertz CT molecular complexity index is 712. The molecule has 0 radical (unpaired) electrons. The Kier molecular flexibility index (Phi) is 5.30. The van der Waals surface area contributed by atoms with Crippen molar-refractivity contribution in [1.82, 2.24) is 9.80 Å². The van der Waals surface area contributed by atoms with Gasteiger partial charge >= 0.3 is 0 Å². The number of thiophene rings is 1. The molecule has 5 heteroatoms. The fourth-order valence-electron chi connectivity index (χ4n) is 3.03. The van der Waals surface area contributed by atoms with Gasteiger partial charge in [-0.15, -0.1) is 11.3 Å². The highest BCUT2D eigenvalue weighted by molar-refractivity contribution is 7.12. The van der Waals surface area contributed by atoms with Crippen molar-refractivity contribution in [3.63, 3.8) is 0 Å². The number of hydrogen-bond donors (Lipinski definition) is 0. The Morgan fingerprint density at radius 3 is 2.58 bits per heavy atom. The lowest BCUT2D eigenvalue weighted by Gasteiger charge is -2.22. The van der Waals surface area contributed by atoms with Crippen molar-refractivity contribution in [2.75, 3.05) is 26.2 Å². The maximum absolute atomic E-state index is 12.6. The molecule has 0 aliphatic carbocycles. The van der Waals surface area contributed by atoms with Crippen LogP contribution in [0.15, 0.2) is 41.8 Å². The van der Waals surface area contributed by atoms with Gasteiger partial charge in [0.05, 0.1) is 11.3 Å². The summed E-state index contributed by atoms with van der Waals surface area (Å²) in [6, 6.07) is 11.8. The molecule has 2 heterocycles. The highest BCUT2D eigenvalue weighted by atomic mass is 32.1. The van der Waals surface area contributed by atoms with Crippen LogP contribution in [0.5, 0.6) is 0 Å². The molecule has 0 unspecified atom stereocenters. The van der Waals surface area contributed by atoms with E-state index in [1.165, 1.54) is 16.9 Å². The summed E-state index contributed by atoms with van der Waals surface area (Å²) in [5.41, 5.74) is 2.22. The number of aryl methyl sites for hydroxylation is 1. The molecule has 1 fully saturated rings. The van der Waals surface area contributed by atoms with Gasteiger partial charge in [-0.1, -0.05) is 35.9 Å². The first-order valence-corrected chi connectivity index (χ1v) is 9.17. The molecule has 1 saturated heterocycles. The molecule has 0 N–H and O–H groups in total. The van der Waals surface area contributed by atoms with Crippen LogP contribution >= 0.6 is 11.3 Å². The predicted molar refractivity (Wildman–Crippen MR) is 96.3 cm³/mol. The lowest BCUT2D eigenvalue weighted by Crippen LogP contribution is -2.37. The number of nitrogens with zero attached hydrogens (tertiary/aromatic N) is 2. The molecule has 126 valence electrons. The van der Waals surface area contributed by atoms with Gasteiger partial charge in [0.2, 0.25) is 5.91 Å². The molecule has 0 saturated carbocycles. The van der Waals surface area contributed by atoms with Crippen LogP contribution in [0.1, 0.15) is 27.2 Å². The van der Waals surface area contributed by atoms with Gasteiger partial charge in [0.25, 0.3) is 5.91 Å². The number of carbonyl (C=O) groups excluding carboxylic acids is 2. The van der Waals surface area contributed by atoms with E-state index in [1.807, 2.05) is 52.4 Å². The lowest BCUT2D eigenvalue weighted by molar-refractivity contribution is -0.130. The molecule has 1 aliphatic heterocycles. The highest BCUT2D eigenvalue weighted by Gasteiger charge is 2.23. The molecule has 0 bridgehead atoms. The SMILES string of the molecule is Cc1cccc(CC(=O)N2CCCN(C(=O)c3cccs3)CC2)c1. The molecule has 0 spiro atoms. The Morgan fingerprint density at radius 2 is 1.83 bits per heavy atom. The fraction of sp³-hybridized carbons (Fsp3) is 0.368. The van der Waals surface area contributed by atoms with Crippen LogP contribution in [-0.4, -0.2) is 47.8 Å². The largest absolute Gasteiger partial charge is 0.341 e. The summed E-state index contributed by atoms with van der Waals surface area (Å²) in [6.07, 6.45) is 1.26. The van der Waals surface area contributed by atoms with E-state index in [2.05, 4.69) is 6.07 Å². The average Bonchev–Trinajstić information content (AvgIpc) is 2.98. The van der Waals surface area contributed by atoms with Gasteiger partial charge in [-0.3, -0.25) is 9.59 Å². The molecular weight excluding hydrogens is 320 g/mol. The first-order chi connectivity index (χ1) is 11.6. The van der Waals surface area contributed by atoms with E-state index in [1.54, 1.807) is 0 Å². The Labute approximate surface area is 146 Å². The van der Waals surface area contributed by atoms with Gasteiger partial charge in [-0.2, -0.15) is 0 Å². The molecule has 24 heavy (non-hydrogen) atoms. The first-order valence-electron chi connectivity index (χ1n) is 8.29. The minimum atomic E-state index is 0.0815. The minimum Gasteiger partial charge on any atom is -0.341 e. The first kappa shape index (κ1) is 16.7. The number of amides is 2. The zero-order valence-corrected chi connectivity index (χ0v) is 14.7. The van der Waals surface area contributed by atoms with Crippen molar-refractivity contribution >= 4 is 23.2 Å². The molecule has 4 nitrogen and oxygen atoms in total. The zero-order valence-electron chi connectivity index (χ0n) is 13.9.